The highest BCUT2D eigenvalue weighted by Crippen LogP contribution is 2.29. The van der Waals surface area contributed by atoms with Gasteiger partial charge in [0.05, 0.1) is 6.10 Å². The van der Waals surface area contributed by atoms with E-state index in [0.29, 0.717) is 6.61 Å². The fraction of sp³-hybridized carbons (Fsp3) is 0.667. The summed E-state index contributed by atoms with van der Waals surface area (Å²) in [5.74, 6) is -0.727. The minimum atomic E-state index is -0.423. The van der Waals surface area contributed by atoms with E-state index in [9.17, 15) is 9.59 Å². The summed E-state index contributed by atoms with van der Waals surface area (Å²) in [6, 6.07) is 0.0171. The highest BCUT2D eigenvalue weighted by atomic mass is 35.5. The first-order valence-corrected chi connectivity index (χ1v) is 8.57. The van der Waals surface area contributed by atoms with Crippen LogP contribution in [-0.4, -0.2) is 46.0 Å². The molecule has 1 aliphatic carbocycles. The number of nitrogens with zero attached hydrogens (tertiary/aromatic N) is 1. The zero-order valence-electron chi connectivity index (χ0n) is 12.2. The van der Waals surface area contributed by atoms with Gasteiger partial charge in [0.2, 0.25) is 0 Å². The first-order valence-electron chi connectivity index (χ1n) is 7.72. The van der Waals surface area contributed by atoms with E-state index >= 15 is 0 Å². The number of thiocarbonyl (C=S) groups is 1. The quantitative estimate of drug-likeness (QED) is 0.360. The molecule has 2 amide bonds. The largest absolute Gasteiger partial charge is 0.374 e. The first-order chi connectivity index (χ1) is 10.6. The normalized spacial score (nSPS) is 35.1. The highest BCUT2D eigenvalue weighted by molar-refractivity contribution is 7.80. The number of ether oxygens (including phenoxy) is 1. The summed E-state index contributed by atoms with van der Waals surface area (Å²) in [5, 5.41) is 3.01. The van der Waals surface area contributed by atoms with Crippen molar-refractivity contribution in [2.45, 2.75) is 56.0 Å². The Morgan fingerprint density at radius 3 is 2.59 bits per heavy atom. The number of hydrogen-bond acceptors (Lipinski definition) is 4. The molecule has 2 saturated heterocycles. The van der Waals surface area contributed by atoms with Gasteiger partial charge in [-0.1, -0.05) is 0 Å². The van der Waals surface area contributed by atoms with Crippen LogP contribution in [0, 0.1) is 0 Å². The Kier molecular flexibility index (Phi) is 4.80. The molecule has 1 atom stereocenters. The lowest BCUT2D eigenvalue weighted by Gasteiger charge is -2.38. The van der Waals surface area contributed by atoms with Crippen molar-refractivity contribution in [3.05, 3.63) is 11.6 Å². The number of rotatable bonds is 2. The lowest BCUT2D eigenvalue weighted by atomic mass is 9.93. The second-order valence-electron chi connectivity index (χ2n) is 5.97. The van der Waals surface area contributed by atoms with Crippen LogP contribution in [-0.2, 0) is 14.3 Å². The molecule has 3 rings (SSSR count). The predicted octanol–water partition coefficient (Wildman–Crippen LogP) is 1.89. The van der Waals surface area contributed by atoms with Gasteiger partial charge in [0.25, 0.3) is 11.8 Å². The molecule has 0 aromatic carbocycles. The van der Waals surface area contributed by atoms with E-state index < -0.39 is 5.91 Å². The van der Waals surface area contributed by atoms with Crippen molar-refractivity contribution in [3.63, 3.8) is 0 Å². The lowest BCUT2D eigenvalue weighted by molar-refractivity contribution is -0.130. The third-order valence-electron chi connectivity index (χ3n) is 4.44. The van der Waals surface area contributed by atoms with Crippen LogP contribution in [0.5, 0.6) is 0 Å². The van der Waals surface area contributed by atoms with Crippen molar-refractivity contribution < 1.29 is 14.3 Å². The Morgan fingerprint density at radius 2 is 1.95 bits per heavy atom. The van der Waals surface area contributed by atoms with Crippen molar-refractivity contribution in [1.82, 2.24) is 10.2 Å². The van der Waals surface area contributed by atoms with Gasteiger partial charge < -0.3 is 4.74 Å². The maximum absolute atomic E-state index is 12.7. The fourth-order valence-electron chi connectivity index (χ4n) is 3.24. The van der Waals surface area contributed by atoms with E-state index in [-0.39, 0.29) is 34.1 Å². The van der Waals surface area contributed by atoms with E-state index in [1.54, 1.807) is 11.0 Å². The van der Waals surface area contributed by atoms with Crippen LogP contribution in [0.2, 0.25) is 0 Å². The Hall–Kier alpha value is -0.980. The van der Waals surface area contributed by atoms with Gasteiger partial charge >= 0.3 is 0 Å². The molecule has 0 aromatic rings. The lowest BCUT2D eigenvalue weighted by Crippen LogP contribution is -2.58. The topological polar surface area (TPSA) is 58.6 Å². The van der Waals surface area contributed by atoms with Crippen molar-refractivity contribution in [3.8, 4) is 0 Å². The molecular formula is C15H19ClN2O3S. The van der Waals surface area contributed by atoms with Gasteiger partial charge in [0.15, 0.2) is 5.11 Å². The van der Waals surface area contributed by atoms with E-state index in [1.165, 1.54) is 0 Å². The van der Waals surface area contributed by atoms with Crippen LogP contribution in [0.15, 0.2) is 11.6 Å². The Labute approximate surface area is 140 Å². The number of hydrogen-bond donors (Lipinski definition) is 1. The molecule has 3 aliphatic rings. The molecule has 1 N–H and O–H groups in total. The zero-order valence-corrected chi connectivity index (χ0v) is 13.8. The van der Waals surface area contributed by atoms with Gasteiger partial charge in [0.1, 0.15) is 5.57 Å². The molecule has 0 bridgehead atoms. The van der Waals surface area contributed by atoms with Crippen LogP contribution >= 0.6 is 23.8 Å². The third kappa shape index (κ3) is 3.19. The number of alkyl halides is 1. The fourth-order valence-corrected chi connectivity index (χ4v) is 3.81. The molecule has 3 fully saturated rings. The molecule has 2 heterocycles. The van der Waals surface area contributed by atoms with Gasteiger partial charge in [-0.15, -0.1) is 11.6 Å². The Balaban J connectivity index is 1.79. The maximum atomic E-state index is 12.7. The Morgan fingerprint density at radius 1 is 1.23 bits per heavy atom. The molecule has 7 heteroatoms. The van der Waals surface area contributed by atoms with Gasteiger partial charge in [-0.05, 0) is 56.8 Å². The molecular weight excluding hydrogens is 324 g/mol. The van der Waals surface area contributed by atoms with Crippen molar-refractivity contribution in [2.75, 3.05) is 6.61 Å². The summed E-state index contributed by atoms with van der Waals surface area (Å²) in [5.41, 5.74) is 0.147. The van der Waals surface area contributed by atoms with Crippen LogP contribution in [0.25, 0.3) is 0 Å². The second-order valence-corrected chi connectivity index (χ2v) is 6.98. The zero-order chi connectivity index (χ0) is 15.7. The van der Waals surface area contributed by atoms with Crippen LogP contribution in [0.4, 0.5) is 0 Å². The molecule has 120 valence electrons. The molecule has 0 aromatic heterocycles. The predicted molar refractivity (Wildman–Crippen MR) is 86.5 cm³/mol. The maximum Gasteiger partial charge on any atom is 0.265 e. The van der Waals surface area contributed by atoms with Crippen molar-refractivity contribution in [1.29, 1.82) is 0 Å². The third-order valence-corrected chi connectivity index (χ3v) is 5.18. The average Bonchev–Trinajstić information content (AvgIpc) is 2.98. The van der Waals surface area contributed by atoms with Gasteiger partial charge in [-0.25, -0.2) is 0 Å². The Bertz CT molecular complexity index is 523. The standard InChI is InChI=1S/C15H19ClN2O3S/c16-9-3-5-10(6-4-9)18-14(20)12(13(19)17-15(18)22)8-11-2-1-7-21-11/h8-11H,1-7H2,(H,17,19,22)/b12-8+. The molecule has 2 aliphatic heterocycles. The SMILES string of the molecule is O=C1NC(=S)N(C2CCC(Cl)CC2)C(=O)/C1=C/C1CCCO1. The van der Waals surface area contributed by atoms with E-state index in [2.05, 4.69) is 5.32 Å². The number of carbonyl (C=O) groups excluding carboxylic acids is 2. The molecule has 0 radical (unpaired) electrons. The summed E-state index contributed by atoms with van der Waals surface area (Å²) < 4.78 is 5.50. The van der Waals surface area contributed by atoms with E-state index in [1.807, 2.05) is 0 Å². The highest BCUT2D eigenvalue weighted by Gasteiger charge is 2.39. The van der Waals surface area contributed by atoms with Crippen LogP contribution in [0.1, 0.15) is 38.5 Å². The molecule has 5 nitrogen and oxygen atoms in total. The number of halogens is 1. The molecule has 1 saturated carbocycles. The smallest absolute Gasteiger partial charge is 0.265 e. The molecule has 22 heavy (non-hydrogen) atoms. The van der Waals surface area contributed by atoms with Crippen molar-refractivity contribution in [2.24, 2.45) is 0 Å². The number of nitrogens with one attached hydrogen (secondary N) is 1. The summed E-state index contributed by atoms with van der Waals surface area (Å²) in [7, 11) is 0. The summed E-state index contributed by atoms with van der Waals surface area (Å²) in [6.07, 6.45) is 6.61. The van der Waals surface area contributed by atoms with Crippen molar-refractivity contribution >= 4 is 40.7 Å². The van der Waals surface area contributed by atoms with Gasteiger partial charge in [0, 0.05) is 18.0 Å². The summed E-state index contributed by atoms with van der Waals surface area (Å²) in [4.78, 5) is 26.4. The van der Waals surface area contributed by atoms with Crippen LogP contribution in [0.3, 0.4) is 0 Å². The summed E-state index contributed by atoms with van der Waals surface area (Å²) >= 11 is 11.3. The van der Waals surface area contributed by atoms with E-state index in [4.69, 9.17) is 28.6 Å². The summed E-state index contributed by atoms with van der Waals surface area (Å²) in [6.45, 7) is 0.673. The van der Waals surface area contributed by atoms with Gasteiger partial charge in [-0.3, -0.25) is 19.8 Å². The average molecular weight is 343 g/mol. The monoisotopic (exact) mass is 342 g/mol. The minimum Gasteiger partial charge on any atom is -0.374 e. The number of carbonyl (C=O) groups is 2. The number of amides is 2. The van der Waals surface area contributed by atoms with Gasteiger partial charge in [-0.2, -0.15) is 0 Å². The van der Waals surface area contributed by atoms with Crippen LogP contribution < -0.4 is 5.32 Å². The molecule has 1 unspecified atom stereocenters. The second kappa shape index (κ2) is 6.64. The minimum absolute atomic E-state index is 0.0171. The first kappa shape index (κ1) is 15.9. The molecule has 0 spiro atoms. The van der Waals surface area contributed by atoms with E-state index in [0.717, 1.165) is 38.5 Å².